The van der Waals surface area contributed by atoms with Crippen LogP contribution in [-0.2, 0) is 14.3 Å². The molecule has 1 heterocycles. The number of carbonyl (C=O) groups is 2. The van der Waals surface area contributed by atoms with Crippen LogP contribution in [0.15, 0.2) is 109 Å². The van der Waals surface area contributed by atoms with Crippen molar-refractivity contribution >= 4 is 23.2 Å². The predicted molar refractivity (Wildman–Crippen MR) is 174 cm³/mol. The molecule has 0 N–H and O–H groups in total. The van der Waals surface area contributed by atoms with E-state index in [9.17, 15) is 9.59 Å². The van der Waals surface area contributed by atoms with Crippen LogP contribution in [0.4, 0.5) is 4.79 Å². The molecule has 0 aliphatic carbocycles. The van der Waals surface area contributed by atoms with Crippen LogP contribution in [-0.4, -0.2) is 42.8 Å². The zero-order valence-electron chi connectivity index (χ0n) is 25.8. The maximum atomic E-state index is 12.4. The van der Waals surface area contributed by atoms with E-state index in [2.05, 4.69) is 48.5 Å². The lowest BCUT2D eigenvalue weighted by atomic mass is 9.85. The number of nitrogens with zero attached hydrogens (tertiary/aromatic N) is 1. The van der Waals surface area contributed by atoms with E-state index < -0.39 is 5.60 Å². The Balaban J connectivity index is 1.47. The number of allylic oxidation sites excluding steroid dienone is 1. The van der Waals surface area contributed by atoms with Crippen LogP contribution in [0.25, 0.3) is 11.1 Å². The highest BCUT2D eigenvalue weighted by atomic mass is 16.6. The molecule has 1 fully saturated rings. The largest absolute Gasteiger partial charge is 0.469 e. The highest BCUT2D eigenvalue weighted by Gasteiger charge is 2.34. The average molecular weight is 590 g/mol. The molecule has 226 valence electrons. The predicted octanol–water partition coefficient (Wildman–Crippen LogP) is 8.73. The van der Waals surface area contributed by atoms with Gasteiger partial charge in [0, 0.05) is 25.4 Å². The summed E-state index contributed by atoms with van der Waals surface area (Å²) in [5, 5.41) is 0. The molecule has 0 aromatic heterocycles. The van der Waals surface area contributed by atoms with Crippen LogP contribution in [0.2, 0.25) is 0 Å². The van der Waals surface area contributed by atoms with E-state index in [0.717, 1.165) is 39.3 Å². The van der Waals surface area contributed by atoms with Crippen LogP contribution in [0.1, 0.15) is 61.8 Å². The molecule has 0 spiro atoms. The third kappa shape index (κ3) is 7.75. The highest BCUT2D eigenvalue weighted by Crippen LogP contribution is 2.37. The number of hydrogen-bond donors (Lipinski definition) is 0. The van der Waals surface area contributed by atoms with Gasteiger partial charge in [-0.2, -0.15) is 0 Å². The molecule has 6 heteroatoms. The number of likely N-dealkylation sites (tertiary alicyclic amines) is 1. The first kappa shape index (κ1) is 30.6. The number of ether oxygens (including phenoxy) is 3. The van der Waals surface area contributed by atoms with Gasteiger partial charge < -0.3 is 19.1 Å². The zero-order chi connectivity index (χ0) is 31.1. The zero-order valence-corrected chi connectivity index (χ0v) is 25.8. The molecule has 1 aliphatic rings. The first-order valence-electron chi connectivity index (χ1n) is 15.0. The van der Waals surface area contributed by atoms with E-state index >= 15 is 0 Å². The van der Waals surface area contributed by atoms with Crippen LogP contribution in [0.5, 0.6) is 11.5 Å². The lowest BCUT2D eigenvalue weighted by Gasteiger charge is -2.40. The number of rotatable bonds is 9. The van der Waals surface area contributed by atoms with Crippen LogP contribution in [0, 0.1) is 0 Å². The summed E-state index contributed by atoms with van der Waals surface area (Å²) >= 11 is 0. The molecule has 44 heavy (non-hydrogen) atoms. The molecule has 0 unspecified atom stereocenters. The van der Waals surface area contributed by atoms with Crippen molar-refractivity contribution in [2.45, 2.75) is 45.1 Å². The van der Waals surface area contributed by atoms with Crippen molar-refractivity contribution in [3.63, 3.8) is 0 Å². The van der Waals surface area contributed by atoms with Gasteiger partial charge >= 0.3 is 12.1 Å². The maximum Gasteiger partial charge on any atom is 0.410 e. The fourth-order valence-electron chi connectivity index (χ4n) is 5.30. The van der Waals surface area contributed by atoms with Gasteiger partial charge in [0.05, 0.1) is 7.11 Å². The summed E-state index contributed by atoms with van der Waals surface area (Å²) in [5.41, 5.74) is 5.87. The maximum absolute atomic E-state index is 12.4. The van der Waals surface area contributed by atoms with Gasteiger partial charge in [-0.3, -0.25) is 4.79 Å². The van der Waals surface area contributed by atoms with Gasteiger partial charge in [-0.1, -0.05) is 84.9 Å². The van der Waals surface area contributed by atoms with E-state index in [-0.39, 0.29) is 24.4 Å². The number of hydrogen-bond acceptors (Lipinski definition) is 5. The van der Waals surface area contributed by atoms with Crippen LogP contribution < -0.4 is 4.74 Å². The van der Waals surface area contributed by atoms with Gasteiger partial charge in [0.25, 0.3) is 0 Å². The standard InChI is InChI=1S/C38H39NO5/c1-38(2,3)44-37(41)39-25-31(26-39)27-15-17-29(18-16-27)36(34(23-24-35(40)42-4)28-11-7-5-8-12-28)30-19-21-33(22-20-30)43-32-13-9-6-10-14-32/h5-22,31H,23-26H2,1-4H3/b36-34+. The monoisotopic (exact) mass is 589 g/mol. The fraction of sp³-hybridized carbons (Fsp3) is 0.263. The van der Waals surface area contributed by atoms with Gasteiger partial charge in [0.1, 0.15) is 17.1 Å². The van der Waals surface area contributed by atoms with Gasteiger partial charge in [-0.05, 0) is 84.9 Å². The van der Waals surface area contributed by atoms with Gasteiger partial charge in [-0.25, -0.2) is 4.79 Å². The molecule has 1 saturated heterocycles. The molecule has 4 aromatic rings. The molecular formula is C38H39NO5. The van der Waals surface area contributed by atoms with E-state index in [1.54, 1.807) is 4.90 Å². The summed E-state index contributed by atoms with van der Waals surface area (Å²) < 4.78 is 16.6. The normalized spacial score (nSPS) is 13.9. The van der Waals surface area contributed by atoms with E-state index in [4.69, 9.17) is 14.2 Å². The number of amides is 1. The van der Waals surface area contributed by atoms with Crippen molar-refractivity contribution < 1.29 is 23.8 Å². The average Bonchev–Trinajstić information content (AvgIpc) is 2.99. The minimum Gasteiger partial charge on any atom is -0.469 e. The van der Waals surface area contributed by atoms with Crippen molar-refractivity contribution in [1.29, 1.82) is 0 Å². The highest BCUT2D eigenvalue weighted by molar-refractivity contribution is 5.99. The first-order chi connectivity index (χ1) is 21.2. The van der Waals surface area contributed by atoms with Crippen molar-refractivity contribution in [1.82, 2.24) is 4.90 Å². The summed E-state index contributed by atoms with van der Waals surface area (Å²) in [5.74, 6) is 1.52. The van der Waals surface area contributed by atoms with Gasteiger partial charge in [-0.15, -0.1) is 0 Å². The number of esters is 1. The Labute approximate surface area is 259 Å². The van der Waals surface area contributed by atoms with E-state index in [0.29, 0.717) is 19.5 Å². The summed E-state index contributed by atoms with van der Waals surface area (Å²) in [6.07, 6.45) is 0.511. The lowest BCUT2D eigenvalue weighted by molar-refractivity contribution is -0.140. The minimum absolute atomic E-state index is 0.251. The van der Waals surface area contributed by atoms with Crippen molar-refractivity contribution in [2.24, 2.45) is 0 Å². The molecule has 0 radical (unpaired) electrons. The van der Waals surface area contributed by atoms with Crippen molar-refractivity contribution in [2.75, 3.05) is 20.2 Å². The SMILES string of the molecule is COC(=O)CC/C(=C(\c1ccc(Oc2ccccc2)cc1)c1ccc(C2CN(C(=O)OC(C)(C)C)C2)cc1)c1ccccc1. The molecule has 0 atom stereocenters. The third-order valence-corrected chi connectivity index (χ3v) is 7.56. The number of carbonyl (C=O) groups excluding carboxylic acids is 2. The molecule has 4 aromatic carbocycles. The summed E-state index contributed by atoms with van der Waals surface area (Å²) in [4.78, 5) is 26.5. The van der Waals surface area contributed by atoms with E-state index in [1.807, 2.05) is 81.4 Å². The Kier molecular flexibility index (Phi) is 9.49. The third-order valence-electron chi connectivity index (χ3n) is 7.56. The second kappa shape index (κ2) is 13.6. The molecule has 0 saturated carbocycles. The number of benzene rings is 4. The van der Waals surface area contributed by atoms with Crippen LogP contribution >= 0.6 is 0 Å². The molecule has 6 nitrogen and oxygen atoms in total. The molecule has 5 rings (SSSR count). The summed E-state index contributed by atoms with van der Waals surface area (Å²) in [6, 6.07) is 36.5. The molecule has 0 bridgehead atoms. The molecular weight excluding hydrogens is 550 g/mol. The second-order valence-corrected chi connectivity index (χ2v) is 11.9. The summed E-state index contributed by atoms with van der Waals surface area (Å²) in [6.45, 7) is 6.91. The van der Waals surface area contributed by atoms with Gasteiger partial charge in [0.15, 0.2) is 0 Å². The Bertz CT molecular complexity index is 1580. The van der Waals surface area contributed by atoms with Crippen LogP contribution in [0.3, 0.4) is 0 Å². The topological polar surface area (TPSA) is 65.1 Å². The fourth-order valence-corrected chi connectivity index (χ4v) is 5.30. The van der Waals surface area contributed by atoms with E-state index in [1.165, 1.54) is 12.7 Å². The Morgan fingerprint density at radius 2 is 1.25 bits per heavy atom. The minimum atomic E-state index is -0.511. The number of para-hydroxylation sites is 1. The van der Waals surface area contributed by atoms with Gasteiger partial charge in [0.2, 0.25) is 0 Å². The molecule has 1 amide bonds. The Morgan fingerprint density at radius 3 is 1.82 bits per heavy atom. The van der Waals surface area contributed by atoms with Crippen molar-refractivity contribution in [3.8, 4) is 11.5 Å². The lowest BCUT2D eigenvalue weighted by Crippen LogP contribution is -2.50. The Morgan fingerprint density at radius 1 is 0.705 bits per heavy atom. The smallest absolute Gasteiger partial charge is 0.410 e. The van der Waals surface area contributed by atoms with Crippen molar-refractivity contribution in [3.05, 3.63) is 131 Å². The summed E-state index contributed by atoms with van der Waals surface area (Å²) in [7, 11) is 1.42. The quantitative estimate of drug-likeness (QED) is 0.144. The second-order valence-electron chi connectivity index (χ2n) is 11.9. The number of methoxy groups -OCH3 is 1. The first-order valence-corrected chi connectivity index (χ1v) is 15.0. The Hall–Kier alpha value is -4.84. The molecule has 1 aliphatic heterocycles.